The van der Waals surface area contributed by atoms with E-state index in [4.69, 9.17) is 0 Å². The van der Waals surface area contributed by atoms with Crippen LogP contribution in [0.15, 0.2) is 16.9 Å². The summed E-state index contributed by atoms with van der Waals surface area (Å²) in [6.45, 7) is -0.419. The van der Waals surface area contributed by atoms with E-state index in [0.717, 1.165) is 0 Å². The van der Waals surface area contributed by atoms with Crippen molar-refractivity contribution in [3.05, 3.63) is 62.3 Å². The van der Waals surface area contributed by atoms with Gasteiger partial charge in [-0.3, -0.25) is 14.4 Å². The van der Waals surface area contributed by atoms with E-state index in [1.807, 2.05) is 0 Å². The van der Waals surface area contributed by atoms with Crippen LogP contribution in [0.5, 0.6) is 5.75 Å². The van der Waals surface area contributed by atoms with Gasteiger partial charge in [0.05, 0.1) is 11.2 Å². The molecule has 4 N–H and O–H groups in total. The van der Waals surface area contributed by atoms with Crippen molar-refractivity contribution in [1.29, 1.82) is 0 Å². The van der Waals surface area contributed by atoms with Gasteiger partial charge in [0.25, 0.3) is 11.8 Å². The molecule has 3 atom stereocenters. The van der Waals surface area contributed by atoms with Gasteiger partial charge < -0.3 is 30.1 Å². The summed E-state index contributed by atoms with van der Waals surface area (Å²) in [6, 6.07) is 0.855. The molecule has 9 nitrogen and oxygen atoms in total. The molecule has 1 fully saturated rings. The van der Waals surface area contributed by atoms with Gasteiger partial charge in [-0.25, -0.2) is 13.2 Å². The molecule has 1 spiro atoms. The minimum Gasteiger partial charge on any atom is -0.503 e. The van der Waals surface area contributed by atoms with Gasteiger partial charge in [0, 0.05) is 37.3 Å². The van der Waals surface area contributed by atoms with E-state index in [1.165, 1.54) is 9.47 Å². The molecule has 34 heavy (non-hydrogen) atoms. The van der Waals surface area contributed by atoms with Crippen molar-refractivity contribution in [1.82, 2.24) is 14.8 Å². The number of rotatable bonds is 3. The fourth-order valence-electron chi connectivity index (χ4n) is 5.38. The first-order valence-electron chi connectivity index (χ1n) is 10.7. The van der Waals surface area contributed by atoms with Crippen LogP contribution >= 0.6 is 0 Å². The standard InChI is InChI=1S/C22H20F3N3O6/c23-9-5-11(24)10(12(25)6-9)7-26-20(33)13-14-18(31)19(32)22-3-1-2-4-27(8-22)21(34)15(28(14)22)17(30)16(13)29/h5-6,18-19,30-32H,1-4,7-8H2,(H,26,33)/t18-,19+,22+/m1/s1. The Bertz CT molecular complexity index is 1290. The predicted octanol–water partition coefficient (Wildman–Crippen LogP) is 0.644. The lowest BCUT2D eigenvalue weighted by atomic mass is 9.86. The van der Waals surface area contributed by atoms with Gasteiger partial charge in [0.1, 0.15) is 35.2 Å². The molecule has 1 aromatic heterocycles. The Hall–Kier alpha value is -3.38. The fourth-order valence-corrected chi connectivity index (χ4v) is 5.38. The number of aliphatic hydroxyl groups is 2. The highest BCUT2D eigenvalue weighted by molar-refractivity contribution is 6.00. The molecule has 0 saturated carbocycles. The zero-order chi connectivity index (χ0) is 24.5. The normalized spacial score (nSPS) is 25.2. The largest absolute Gasteiger partial charge is 0.503 e. The summed E-state index contributed by atoms with van der Waals surface area (Å²) in [7, 11) is 0. The third-order valence-corrected chi connectivity index (χ3v) is 6.96. The van der Waals surface area contributed by atoms with Crippen molar-refractivity contribution in [2.45, 2.75) is 43.6 Å². The average Bonchev–Trinajstić information content (AvgIpc) is 2.92. The number of aromatic nitrogens is 1. The smallest absolute Gasteiger partial charge is 0.274 e. The number of nitrogens with zero attached hydrogens (tertiary/aromatic N) is 2. The maximum absolute atomic E-state index is 14.0. The zero-order valence-corrected chi connectivity index (χ0v) is 17.6. The van der Waals surface area contributed by atoms with Crippen LogP contribution in [0.25, 0.3) is 0 Å². The summed E-state index contributed by atoms with van der Waals surface area (Å²) in [5, 5.41) is 34.7. The summed E-state index contributed by atoms with van der Waals surface area (Å²) in [5.74, 6) is -6.55. The number of hydrogen-bond acceptors (Lipinski definition) is 6. The predicted molar refractivity (Wildman–Crippen MR) is 109 cm³/mol. The topological polar surface area (TPSA) is 132 Å². The number of pyridine rings is 1. The summed E-state index contributed by atoms with van der Waals surface area (Å²) < 4.78 is 42.3. The third kappa shape index (κ3) is 2.91. The van der Waals surface area contributed by atoms with Crippen LogP contribution in [0.3, 0.4) is 0 Å². The molecule has 2 bridgehead atoms. The van der Waals surface area contributed by atoms with Crippen LogP contribution in [0.2, 0.25) is 0 Å². The Kier molecular flexibility index (Phi) is 4.99. The van der Waals surface area contributed by atoms with Gasteiger partial charge in [-0.15, -0.1) is 0 Å². The minimum atomic E-state index is -1.74. The molecule has 3 aliphatic rings. The second-order valence-corrected chi connectivity index (χ2v) is 8.83. The van der Waals surface area contributed by atoms with Crippen LogP contribution in [0, 0.1) is 17.5 Å². The molecule has 12 heteroatoms. The van der Waals surface area contributed by atoms with E-state index in [0.29, 0.717) is 37.9 Å². The van der Waals surface area contributed by atoms with Gasteiger partial charge in [-0.1, -0.05) is 0 Å². The van der Waals surface area contributed by atoms with Gasteiger partial charge >= 0.3 is 0 Å². The lowest BCUT2D eigenvalue weighted by Crippen LogP contribution is -2.56. The summed E-state index contributed by atoms with van der Waals surface area (Å²) in [6.07, 6.45) is -1.74. The second-order valence-electron chi connectivity index (χ2n) is 8.83. The van der Waals surface area contributed by atoms with E-state index < -0.39 is 81.6 Å². The van der Waals surface area contributed by atoms with E-state index in [2.05, 4.69) is 5.32 Å². The molecule has 1 saturated heterocycles. The monoisotopic (exact) mass is 479 g/mol. The summed E-state index contributed by atoms with van der Waals surface area (Å²) in [5.41, 5.74) is -4.72. The van der Waals surface area contributed by atoms with E-state index in [-0.39, 0.29) is 12.2 Å². The van der Waals surface area contributed by atoms with Gasteiger partial charge in [0.15, 0.2) is 11.4 Å². The van der Waals surface area contributed by atoms with Crippen LogP contribution in [-0.4, -0.2) is 55.8 Å². The first kappa shape index (κ1) is 22.4. The van der Waals surface area contributed by atoms with Crippen LogP contribution < -0.4 is 10.7 Å². The molecular weight excluding hydrogens is 459 g/mol. The van der Waals surface area contributed by atoms with Crippen LogP contribution in [0.1, 0.15) is 57.5 Å². The van der Waals surface area contributed by atoms with E-state index >= 15 is 0 Å². The summed E-state index contributed by atoms with van der Waals surface area (Å²) in [4.78, 5) is 40.4. The van der Waals surface area contributed by atoms with Crippen molar-refractivity contribution < 1.29 is 38.1 Å². The highest BCUT2D eigenvalue weighted by Gasteiger charge is 2.59. The van der Waals surface area contributed by atoms with E-state index in [1.54, 1.807) is 0 Å². The van der Waals surface area contributed by atoms with Crippen molar-refractivity contribution in [3.63, 3.8) is 0 Å². The maximum Gasteiger partial charge on any atom is 0.274 e. The number of carbonyl (C=O) groups excluding carboxylic acids is 2. The number of carbonyl (C=O) groups is 2. The SMILES string of the molecule is O=C(NCc1c(F)cc(F)cc1F)c1c2n3c(c(O)c1=O)C(=O)N1CCCC[C@]3(C1)[C@@H](O)[C@@H]2O. The number of hydrogen-bond donors (Lipinski definition) is 4. The van der Waals surface area contributed by atoms with Gasteiger partial charge in [0.2, 0.25) is 5.43 Å². The Morgan fingerprint density at radius 3 is 2.50 bits per heavy atom. The second kappa shape index (κ2) is 7.57. The molecule has 4 heterocycles. The average molecular weight is 479 g/mol. The molecule has 0 radical (unpaired) electrons. The molecule has 180 valence electrons. The molecule has 3 aliphatic heterocycles. The molecular formula is C22H20F3N3O6. The zero-order valence-electron chi connectivity index (χ0n) is 17.6. The van der Waals surface area contributed by atoms with Crippen molar-refractivity contribution in [2.24, 2.45) is 0 Å². The van der Waals surface area contributed by atoms with Crippen molar-refractivity contribution in [3.8, 4) is 5.75 Å². The number of aliphatic hydroxyl groups excluding tert-OH is 2. The van der Waals surface area contributed by atoms with Crippen LogP contribution in [0.4, 0.5) is 13.2 Å². The molecule has 2 aromatic rings. The van der Waals surface area contributed by atoms with Gasteiger partial charge in [-0.05, 0) is 19.3 Å². The lowest BCUT2D eigenvalue weighted by Gasteiger charge is -2.43. The Labute approximate surface area is 190 Å². The number of halogens is 3. The quantitative estimate of drug-likeness (QED) is 0.511. The Morgan fingerprint density at radius 1 is 1.15 bits per heavy atom. The number of nitrogens with one attached hydrogen (secondary N) is 1. The molecule has 2 amide bonds. The highest BCUT2D eigenvalue weighted by atomic mass is 19.1. The molecule has 1 aromatic carbocycles. The number of aromatic hydroxyl groups is 1. The fraction of sp³-hybridized carbons (Fsp3) is 0.409. The number of amides is 2. The molecule has 0 unspecified atom stereocenters. The first-order valence-corrected chi connectivity index (χ1v) is 10.7. The van der Waals surface area contributed by atoms with Crippen LogP contribution in [-0.2, 0) is 12.1 Å². The van der Waals surface area contributed by atoms with Crippen molar-refractivity contribution >= 4 is 11.8 Å². The maximum atomic E-state index is 14.0. The van der Waals surface area contributed by atoms with Crippen molar-refractivity contribution in [2.75, 3.05) is 13.1 Å². The Balaban J connectivity index is 1.64. The molecule has 5 rings (SSSR count). The summed E-state index contributed by atoms with van der Waals surface area (Å²) >= 11 is 0. The lowest BCUT2D eigenvalue weighted by molar-refractivity contribution is -0.0431. The minimum absolute atomic E-state index is 0.0133. The third-order valence-electron chi connectivity index (χ3n) is 6.96. The Morgan fingerprint density at radius 2 is 1.82 bits per heavy atom. The highest BCUT2D eigenvalue weighted by Crippen LogP contribution is 2.49. The van der Waals surface area contributed by atoms with Gasteiger partial charge in [-0.2, -0.15) is 0 Å². The molecule has 0 aliphatic carbocycles. The van der Waals surface area contributed by atoms with E-state index in [9.17, 15) is 42.9 Å². The first-order chi connectivity index (χ1) is 16.1. The number of fused-ring (bicyclic) bond motifs is 1. The number of benzene rings is 1.